The molecule has 7 nitrogen and oxygen atoms in total. The summed E-state index contributed by atoms with van der Waals surface area (Å²) in [6, 6.07) is 14.0. The van der Waals surface area contributed by atoms with Gasteiger partial charge in [0.15, 0.2) is 17.3 Å². The van der Waals surface area contributed by atoms with Gasteiger partial charge in [0.2, 0.25) is 0 Å². The lowest BCUT2D eigenvalue weighted by molar-refractivity contribution is -0.135. The minimum absolute atomic E-state index is 0.190. The number of nitrogens with zero attached hydrogens (tertiary/aromatic N) is 1. The smallest absolute Gasteiger partial charge is 0.333 e. The molecule has 0 atom stereocenters. The predicted molar refractivity (Wildman–Crippen MR) is 123 cm³/mol. The van der Waals surface area contributed by atoms with Crippen LogP contribution < -0.4 is 24.2 Å². The molecule has 0 aliphatic carbocycles. The van der Waals surface area contributed by atoms with E-state index in [0.717, 1.165) is 11.3 Å². The lowest BCUT2D eigenvalue weighted by Gasteiger charge is -2.07. The number of carbonyl (C=O) groups is 2. The van der Waals surface area contributed by atoms with E-state index in [9.17, 15) is 14.4 Å². The molecule has 0 bridgehead atoms. The molecule has 0 saturated heterocycles. The van der Waals surface area contributed by atoms with Gasteiger partial charge in [-0.3, -0.25) is 14.2 Å². The van der Waals surface area contributed by atoms with Gasteiger partial charge in [-0.2, -0.15) is 0 Å². The van der Waals surface area contributed by atoms with Gasteiger partial charge in [-0.15, -0.1) is 11.3 Å². The van der Waals surface area contributed by atoms with E-state index in [1.165, 1.54) is 17.8 Å². The van der Waals surface area contributed by atoms with Gasteiger partial charge in [-0.1, -0.05) is 36.4 Å². The van der Waals surface area contributed by atoms with Crippen molar-refractivity contribution in [1.82, 2.24) is 4.57 Å². The van der Waals surface area contributed by atoms with E-state index in [2.05, 4.69) is 0 Å². The molecule has 0 unspecified atom stereocenters. The zero-order valence-electron chi connectivity index (χ0n) is 18.0. The highest BCUT2D eigenvalue weighted by molar-refractivity contribution is 7.07. The Kier molecular flexibility index (Phi) is 7.62. The molecule has 0 aliphatic heterocycles. The number of hydrogen-bond acceptors (Lipinski definition) is 7. The van der Waals surface area contributed by atoms with Gasteiger partial charge in [0.25, 0.3) is 5.56 Å². The first-order valence-corrected chi connectivity index (χ1v) is 10.7. The quantitative estimate of drug-likeness (QED) is 0.383. The number of benzene rings is 2. The van der Waals surface area contributed by atoms with Crippen LogP contribution >= 0.6 is 11.3 Å². The molecule has 0 fully saturated rings. The van der Waals surface area contributed by atoms with Crippen LogP contribution in [-0.2, 0) is 16.1 Å². The molecule has 2 aromatic carbocycles. The van der Waals surface area contributed by atoms with Crippen LogP contribution in [-0.4, -0.2) is 37.1 Å². The molecule has 0 saturated carbocycles. The molecule has 8 heteroatoms. The van der Waals surface area contributed by atoms with Gasteiger partial charge in [0, 0.05) is 5.56 Å². The Labute approximate surface area is 188 Å². The number of carbonyl (C=O) groups excluding carboxylic acids is 2. The molecule has 166 valence electrons. The Morgan fingerprint density at radius 1 is 1.03 bits per heavy atom. The molecule has 1 aromatic heterocycles. The van der Waals surface area contributed by atoms with Crippen molar-refractivity contribution in [3.63, 3.8) is 0 Å². The van der Waals surface area contributed by atoms with Crippen molar-refractivity contribution in [1.29, 1.82) is 0 Å². The number of Topliss-reactive ketones (excluding diaryl/α,β-unsaturated/α-hetero) is 1. The number of hydrogen-bond donors (Lipinski definition) is 0. The van der Waals surface area contributed by atoms with Crippen LogP contribution in [0.3, 0.4) is 0 Å². The van der Waals surface area contributed by atoms with E-state index >= 15 is 0 Å². The zero-order chi connectivity index (χ0) is 23.1. The first kappa shape index (κ1) is 23.0. The van der Waals surface area contributed by atoms with Crippen LogP contribution in [0.15, 0.2) is 53.3 Å². The number of ether oxygens (including phenoxy) is 3. The predicted octanol–water partition coefficient (Wildman–Crippen LogP) is 1.98. The van der Waals surface area contributed by atoms with Crippen molar-refractivity contribution in [2.75, 3.05) is 20.8 Å². The van der Waals surface area contributed by atoms with Crippen molar-refractivity contribution in [3.05, 3.63) is 79.2 Å². The summed E-state index contributed by atoms with van der Waals surface area (Å²) in [6.07, 6.45) is 2.92. The van der Waals surface area contributed by atoms with Gasteiger partial charge in [0.05, 0.1) is 38.0 Å². The number of aromatic nitrogens is 1. The number of esters is 1. The van der Waals surface area contributed by atoms with Crippen molar-refractivity contribution < 1.29 is 23.8 Å². The number of thiazole rings is 1. The Bertz CT molecular complexity index is 1290. The van der Waals surface area contributed by atoms with Gasteiger partial charge in [0.1, 0.15) is 4.66 Å². The molecule has 0 N–H and O–H groups in total. The summed E-state index contributed by atoms with van der Waals surface area (Å²) in [5.74, 6) is 0.280. The Hall–Kier alpha value is -3.65. The zero-order valence-corrected chi connectivity index (χ0v) is 18.8. The highest BCUT2D eigenvalue weighted by atomic mass is 32.1. The van der Waals surface area contributed by atoms with E-state index in [0.29, 0.717) is 31.8 Å². The Morgan fingerprint density at radius 2 is 1.75 bits per heavy atom. The van der Waals surface area contributed by atoms with Crippen LogP contribution in [0.5, 0.6) is 11.5 Å². The summed E-state index contributed by atoms with van der Waals surface area (Å²) in [5, 5.41) is 0. The highest BCUT2D eigenvalue weighted by Crippen LogP contribution is 2.27. The summed E-state index contributed by atoms with van der Waals surface area (Å²) >= 11 is 1.11. The minimum Gasteiger partial charge on any atom is -0.493 e. The average Bonchev–Trinajstić information content (AvgIpc) is 3.08. The average molecular weight is 454 g/mol. The van der Waals surface area contributed by atoms with Crippen LogP contribution in [0.2, 0.25) is 0 Å². The fraction of sp³-hybridized carbons (Fsp3) is 0.208. The van der Waals surface area contributed by atoms with Crippen molar-refractivity contribution in [3.8, 4) is 11.5 Å². The Morgan fingerprint density at radius 3 is 2.41 bits per heavy atom. The maximum Gasteiger partial charge on any atom is 0.333 e. The summed E-state index contributed by atoms with van der Waals surface area (Å²) in [4.78, 5) is 37.9. The molecule has 0 radical (unpaired) electrons. The van der Waals surface area contributed by atoms with Crippen LogP contribution in [0.25, 0.3) is 12.2 Å². The van der Waals surface area contributed by atoms with Gasteiger partial charge in [-0.25, -0.2) is 4.79 Å². The van der Waals surface area contributed by atoms with Crippen LogP contribution in [0, 0.1) is 0 Å². The fourth-order valence-corrected chi connectivity index (χ4v) is 4.06. The van der Waals surface area contributed by atoms with Crippen molar-refractivity contribution in [2.24, 2.45) is 0 Å². The fourth-order valence-electron chi connectivity index (χ4n) is 3.03. The third-order valence-electron chi connectivity index (χ3n) is 4.57. The second-order valence-corrected chi connectivity index (χ2v) is 7.70. The number of rotatable bonds is 8. The molecule has 0 amide bonds. The molecule has 3 aromatic rings. The molecular weight excluding hydrogens is 430 g/mol. The topological polar surface area (TPSA) is 83.8 Å². The molecule has 3 rings (SSSR count). The molecular formula is C24H23NO6S. The first-order chi connectivity index (χ1) is 15.5. The molecule has 0 spiro atoms. The Balaban J connectivity index is 2.11. The summed E-state index contributed by atoms with van der Waals surface area (Å²) in [7, 11) is 3.07. The van der Waals surface area contributed by atoms with Gasteiger partial charge >= 0.3 is 5.97 Å². The monoisotopic (exact) mass is 453 g/mol. The van der Waals surface area contributed by atoms with E-state index in [1.54, 1.807) is 62.6 Å². The van der Waals surface area contributed by atoms with Crippen molar-refractivity contribution >= 4 is 35.2 Å². The summed E-state index contributed by atoms with van der Waals surface area (Å²) < 4.78 is 17.5. The second-order valence-electron chi connectivity index (χ2n) is 6.64. The first-order valence-electron chi connectivity index (χ1n) is 9.87. The lowest BCUT2D eigenvalue weighted by atomic mass is 10.1. The van der Waals surface area contributed by atoms with E-state index < -0.39 is 5.97 Å². The molecule has 0 aliphatic rings. The maximum atomic E-state index is 13.1. The third kappa shape index (κ3) is 5.33. The highest BCUT2D eigenvalue weighted by Gasteiger charge is 2.13. The number of ketones is 1. The van der Waals surface area contributed by atoms with Gasteiger partial charge in [-0.05, 0) is 30.7 Å². The van der Waals surface area contributed by atoms with Gasteiger partial charge < -0.3 is 14.2 Å². The van der Waals surface area contributed by atoms with Crippen LogP contribution in [0.4, 0.5) is 0 Å². The molecule has 32 heavy (non-hydrogen) atoms. The second kappa shape index (κ2) is 10.6. The van der Waals surface area contributed by atoms with E-state index in [-0.39, 0.29) is 24.5 Å². The normalized spacial score (nSPS) is 12.0. The van der Waals surface area contributed by atoms with Crippen molar-refractivity contribution in [2.45, 2.75) is 13.5 Å². The standard InChI is InChI=1S/C24H23NO6S/c1-4-31-23(27)14-22-25(15-18(26)17-8-6-5-7-9-17)24(28)21(32-22)13-16-10-11-19(29-2)20(12-16)30-3/h5-14H,4,15H2,1-3H3/b21-13+,22-14-. The van der Waals surface area contributed by atoms with E-state index in [4.69, 9.17) is 14.2 Å². The maximum absolute atomic E-state index is 13.1. The SMILES string of the molecule is CCOC(=O)/C=c1\s/c(=C/c2ccc(OC)c(OC)c2)c(=O)n1CC(=O)c1ccccc1. The summed E-state index contributed by atoms with van der Waals surface area (Å²) in [5.41, 5.74) is 0.827. The summed E-state index contributed by atoms with van der Waals surface area (Å²) in [6.45, 7) is 1.71. The minimum atomic E-state index is -0.577. The van der Waals surface area contributed by atoms with E-state index in [1.807, 2.05) is 6.07 Å². The largest absolute Gasteiger partial charge is 0.493 e. The lowest BCUT2D eigenvalue weighted by Crippen LogP contribution is -2.34. The number of methoxy groups -OCH3 is 2. The van der Waals surface area contributed by atoms with Crippen LogP contribution in [0.1, 0.15) is 22.8 Å². The molecule has 1 heterocycles. The third-order valence-corrected chi connectivity index (χ3v) is 5.63.